The number of halogens is 1. The number of amides is 2. The van der Waals surface area contributed by atoms with Crippen LogP contribution in [0, 0.1) is 0 Å². The first-order valence-corrected chi connectivity index (χ1v) is 9.49. The molecule has 0 aromatic heterocycles. The number of hydrogen-bond donors (Lipinski definition) is 2. The van der Waals surface area contributed by atoms with Crippen molar-refractivity contribution in [2.24, 2.45) is 0 Å². The highest BCUT2D eigenvalue weighted by Gasteiger charge is 2.18. The third-order valence-electron chi connectivity index (χ3n) is 4.33. The Labute approximate surface area is 174 Å². The molecule has 3 aromatic rings. The number of carbonyl (C=O) groups is 2. The molecule has 2 amide bonds. The van der Waals surface area contributed by atoms with Crippen LogP contribution in [-0.2, 0) is 16.1 Å². The van der Waals surface area contributed by atoms with Crippen molar-refractivity contribution in [3.63, 3.8) is 0 Å². The molecule has 0 aliphatic carbocycles. The standard InChI is InChI=1S/C22H21ClN3O3/c1-24-20(27)13-21(25-14-17-8-4-5-9-19(17)23)29-22(28)26-18-11-10-15-6-2-3-7-16(15)12-18/h2-12,21,25H,13-14H2,1H3,(H,26,28). The van der Waals surface area contributed by atoms with E-state index in [1.165, 1.54) is 7.05 Å². The highest BCUT2D eigenvalue weighted by molar-refractivity contribution is 6.31. The first kappa shape index (κ1) is 20.6. The van der Waals surface area contributed by atoms with Crippen LogP contribution in [0.4, 0.5) is 10.5 Å². The lowest BCUT2D eigenvalue weighted by molar-refractivity contribution is -0.123. The summed E-state index contributed by atoms with van der Waals surface area (Å²) in [7, 11) is 1.41. The average molecular weight is 411 g/mol. The molecule has 0 aliphatic rings. The van der Waals surface area contributed by atoms with E-state index in [9.17, 15) is 9.59 Å². The van der Waals surface area contributed by atoms with E-state index in [4.69, 9.17) is 16.3 Å². The highest BCUT2D eigenvalue weighted by Crippen LogP contribution is 2.19. The number of nitrogens with one attached hydrogen (secondary N) is 2. The number of hydrogen-bond acceptors (Lipinski definition) is 4. The maximum atomic E-state index is 12.4. The Hall–Kier alpha value is -3.09. The number of benzene rings is 3. The quantitative estimate of drug-likeness (QED) is 0.569. The molecule has 7 heteroatoms. The van der Waals surface area contributed by atoms with Crippen LogP contribution in [0.2, 0.25) is 5.02 Å². The molecule has 0 fully saturated rings. The Kier molecular flexibility index (Phi) is 7.05. The van der Waals surface area contributed by atoms with Crippen LogP contribution in [0.5, 0.6) is 0 Å². The van der Waals surface area contributed by atoms with Gasteiger partial charge in [-0.15, -0.1) is 0 Å². The summed E-state index contributed by atoms with van der Waals surface area (Å²) >= 11 is 6.16. The zero-order chi connectivity index (χ0) is 20.6. The van der Waals surface area contributed by atoms with Gasteiger partial charge < -0.3 is 4.74 Å². The van der Waals surface area contributed by atoms with E-state index in [0.29, 0.717) is 17.3 Å². The molecule has 0 spiro atoms. The molecule has 0 saturated carbocycles. The number of fused-ring (bicyclic) bond motifs is 1. The minimum absolute atomic E-state index is 0.0773. The van der Waals surface area contributed by atoms with Gasteiger partial charge in [0, 0.05) is 24.3 Å². The molecule has 1 unspecified atom stereocenters. The summed E-state index contributed by atoms with van der Waals surface area (Å²) in [6.45, 7) is 0.338. The fraction of sp³-hybridized carbons (Fsp3) is 0.182. The van der Waals surface area contributed by atoms with E-state index in [2.05, 4.69) is 16.0 Å². The minimum atomic E-state index is -0.845. The molecule has 1 radical (unpaired) electrons. The fourth-order valence-electron chi connectivity index (χ4n) is 2.81. The summed E-state index contributed by atoms with van der Waals surface area (Å²) in [6, 6.07) is 20.7. The third kappa shape index (κ3) is 5.94. The first-order valence-electron chi connectivity index (χ1n) is 9.11. The van der Waals surface area contributed by atoms with Crippen molar-refractivity contribution < 1.29 is 14.3 Å². The van der Waals surface area contributed by atoms with Gasteiger partial charge in [0.1, 0.15) is 0 Å². The van der Waals surface area contributed by atoms with Crippen molar-refractivity contribution >= 4 is 40.1 Å². The van der Waals surface area contributed by atoms with E-state index in [0.717, 1.165) is 16.3 Å². The summed E-state index contributed by atoms with van der Waals surface area (Å²) in [5.74, 6) is -0.375. The smallest absolute Gasteiger partial charge is 0.413 e. The number of nitrogens with zero attached hydrogens (tertiary/aromatic N) is 1. The maximum absolute atomic E-state index is 12.4. The lowest BCUT2D eigenvalue weighted by atomic mass is 10.1. The summed E-state index contributed by atoms with van der Waals surface area (Å²) in [6.07, 6.45) is -1.59. The van der Waals surface area contributed by atoms with E-state index in [-0.39, 0.29) is 12.3 Å². The van der Waals surface area contributed by atoms with Gasteiger partial charge in [-0.05, 0) is 34.5 Å². The predicted molar refractivity (Wildman–Crippen MR) is 114 cm³/mol. The van der Waals surface area contributed by atoms with Gasteiger partial charge in [0.05, 0.1) is 6.42 Å². The van der Waals surface area contributed by atoms with Crippen LogP contribution in [0.15, 0.2) is 66.7 Å². The van der Waals surface area contributed by atoms with Crippen molar-refractivity contribution in [3.05, 3.63) is 77.3 Å². The number of ether oxygens (including phenoxy) is 1. The van der Waals surface area contributed by atoms with Gasteiger partial charge in [-0.3, -0.25) is 20.7 Å². The van der Waals surface area contributed by atoms with Gasteiger partial charge in [0.25, 0.3) is 0 Å². The molecule has 0 saturated heterocycles. The molecular formula is C22H21ClN3O3. The Bertz CT molecular complexity index is 1010. The second-order valence-electron chi connectivity index (χ2n) is 6.37. The number of rotatable bonds is 7. The number of anilines is 1. The van der Waals surface area contributed by atoms with Crippen molar-refractivity contribution in [1.82, 2.24) is 10.6 Å². The van der Waals surface area contributed by atoms with E-state index in [1.807, 2.05) is 54.6 Å². The maximum Gasteiger partial charge on any atom is 0.413 e. The molecule has 3 rings (SSSR count). The van der Waals surface area contributed by atoms with Crippen molar-refractivity contribution in [3.8, 4) is 0 Å². The molecule has 149 valence electrons. The van der Waals surface area contributed by atoms with Crippen LogP contribution < -0.4 is 16.0 Å². The van der Waals surface area contributed by atoms with Crippen LogP contribution in [-0.4, -0.2) is 25.3 Å². The van der Waals surface area contributed by atoms with Gasteiger partial charge in [-0.2, -0.15) is 0 Å². The molecular weight excluding hydrogens is 390 g/mol. The van der Waals surface area contributed by atoms with E-state index >= 15 is 0 Å². The second kappa shape index (κ2) is 9.91. The summed E-state index contributed by atoms with van der Waals surface area (Å²) < 4.78 is 5.42. The Balaban J connectivity index is 1.64. The molecule has 0 bridgehead atoms. The van der Waals surface area contributed by atoms with Crippen molar-refractivity contribution in [2.45, 2.75) is 19.2 Å². The Morgan fingerprint density at radius 2 is 1.76 bits per heavy atom. The zero-order valence-corrected chi connectivity index (χ0v) is 16.6. The molecule has 0 heterocycles. The summed E-state index contributed by atoms with van der Waals surface area (Å²) in [5, 5.41) is 12.0. The van der Waals surface area contributed by atoms with Crippen LogP contribution in [0.25, 0.3) is 10.8 Å². The first-order chi connectivity index (χ1) is 14.0. The normalized spacial score (nSPS) is 11.7. The minimum Gasteiger partial charge on any atom is -0.430 e. The highest BCUT2D eigenvalue weighted by atomic mass is 35.5. The van der Waals surface area contributed by atoms with Gasteiger partial charge in [-0.25, -0.2) is 4.79 Å². The predicted octanol–water partition coefficient (Wildman–Crippen LogP) is 4.31. The van der Waals surface area contributed by atoms with Gasteiger partial charge in [0.2, 0.25) is 5.91 Å². The Morgan fingerprint density at radius 1 is 1.03 bits per heavy atom. The molecule has 6 nitrogen and oxygen atoms in total. The van der Waals surface area contributed by atoms with Gasteiger partial charge in [0.15, 0.2) is 6.23 Å². The van der Waals surface area contributed by atoms with E-state index < -0.39 is 12.3 Å². The number of carbonyl (C=O) groups excluding carboxylic acids is 2. The lowest BCUT2D eigenvalue weighted by Crippen LogP contribution is -2.38. The van der Waals surface area contributed by atoms with Gasteiger partial charge in [-0.1, -0.05) is 60.1 Å². The monoisotopic (exact) mass is 410 g/mol. The topological polar surface area (TPSA) is 81.5 Å². The average Bonchev–Trinajstić information content (AvgIpc) is 2.72. The van der Waals surface area contributed by atoms with E-state index in [1.54, 1.807) is 12.1 Å². The Morgan fingerprint density at radius 3 is 2.52 bits per heavy atom. The van der Waals surface area contributed by atoms with Gasteiger partial charge >= 0.3 is 6.09 Å². The van der Waals surface area contributed by atoms with Crippen LogP contribution in [0.1, 0.15) is 12.0 Å². The SMILES string of the molecule is C[N]C(=O)CC(NCc1ccccc1Cl)OC(=O)Nc1ccc2ccccc2c1. The second-order valence-corrected chi connectivity index (χ2v) is 6.78. The zero-order valence-electron chi connectivity index (χ0n) is 15.9. The largest absolute Gasteiger partial charge is 0.430 e. The van der Waals surface area contributed by atoms with Crippen molar-refractivity contribution in [2.75, 3.05) is 12.4 Å². The molecule has 3 aromatic carbocycles. The molecule has 2 N–H and O–H groups in total. The van der Waals surface area contributed by atoms with Crippen LogP contribution in [0.3, 0.4) is 0 Å². The molecule has 1 atom stereocenters. The summed E-state index contributed by atoms with van der Waals surface area (Å²) in [5.41, 5.74) is 1.43. The molecule has 0 aliphatic heterocycles. The molecule has 29 heavy (non-hydrogen) atoms. The summed E-state index contributed by atoms with van der Waals surface area (Å²) in [4.78, 5) is 24.1. The van der Waals surface area contributed by atoms with Crippen molar-refractivity contribution in [1.29, 1.82) is 0 Å². The fourth-order valence-corrected chi connectivity index (χ4v) is 3.02. The lowest BCUT2D eigenvalue weighted by Gasteiger charge is -2.19. The third-order valence-corrected chi connectivity index (χ3v) is 4.70. The van der Waals surface area contributed by atoms with Crippen LogP contribution >= 0.6 is 11.6 Å².